The maximum atomic E-state index is 13.3. The van der Waals surface area contributed by atoms with Gasteiger partial charge in [-0.25, -0.2) is 18.6 Å². The van der Waals surface area contributed by atoms with Crippen molar-refractivity contribution < 1.29 is 13.2 Å². The molecule has 8 nitrogen and oxygen atoms in total. The molecule has 1 aliphatic carbocycles. The van der Waals surface area contributed by atoms with Crippen molar-refractivity contribution in [3.05, 3.63) is 77.3 Å². The number of thiophene rings is 1. The van der Waals surface area contributed by atoms with E-state index in [1.807, 2.05) is 32.2 Å². The van der Waals surface area contributed by atoms with Crippen LogP contribution < -0.4 is 15.0 Å². The highest BCUT2D eigenvalue weighted by Crippen LogP contribution is 2.47. The summed E-state index contributed by atoms with van der Waals surface area (Å²) in [5.41, 5.74) is 8.93. The largest absolute Gasteiger partial charge is 0.372 e. The molecule has 5 rings (SSSR count). The van der Waals surface area contributed by atoms with Crippen LogP contribution >= 0.6 is 11.3 Å². The molecule has 2 aromatic rings. The minimum Gasteiger partial charge on any atom is -0.372 e. The second-order valence-electron chi connectivity index (χ2n) is 10.4. The van der Waals surface area contributed by atoms with Gasteiger partial charge in [-0.05, 0) is 55.0 Å². The molecular weight excluding hydrogens is 506 g/mol. The zero-order valence-electron chi connectivity index (χ0n) is 21.9. The van der Waals surface area contributed by atoms with Crippen LogP contribution in [-0.4, -0.2) is 44.5 Å². The number of hydrogen-bond acceptors (Lipinski definition) is 8. The fourth-order valence-electron chi connectivity index (χ4n) is 4.67. The van der Waals surface area contributed by atoms with Gasteiger partial charge in [0, 0.05) is 43.6 Å². The maximum Gasteiger partial charge on any atom is 0.250 e. The number of nitrogens with one attached hydrogen (secondary N) is 2. The molecule has 0 radical (unpaired) electrons. The molecule has 37 heavy (non-hydrogen) atoms. The highest BCUT2D eigenvalue weighted by atomic mass is 32.2. The van der Waals surface area contributed by atoms with Gasteiger partial charge in [-0.1, -0.05) is 31.4 Å². The van der Waals surface area contributed by atoms with E-state index in [2.05, 4.69) is 58.2 Å². The second kappa shape index (κ2) is 9.59. The minimum atomic E-state index is -3.64. The molecule has 3 heterocycles. The monoisotopic (exact) mass is 541 g/mol. The van der Waals surface area contributed by atoms with Crippen molar-refractivity contribution >= 4 is 32.1 Å². The van der Waals surface area contributed by atoms with Crippen molar-refractivity contribution in [2.45, 2.75) is 56.2 Å². The van der Waals surface area contributed by atoms with Crippen LogP contribution in [0, 0.1) is 0 Å². The van der Waals surface area contributed by atoms with Crippen LogP contribution in [0.2, 0.25) is 0 Å². The number of anilines is 1. The highest BCUT2D eigenvalue weighted by molar-refractivity contribution is 7.91. The van der Waals surface area contributed by atoms with Crippen LogP contribution in [0.15, 0.2) is 59.2 Å². The average Bonchev–Trinajstić information content (AvgIpc) is 3.24. The Labute approximate surface area is 223 Å². The number of nitrogens with zero attached hydrogens (tertiary/aromatic N) is 3. The van der Waals surface area contributed by atoms with Crippen molar-refractivity contribution in [2.75, 3.05) is 25.5 Å². The summed E-state index contributed by atoms with van der Waals surface area (Å²) < 4.78 is 35.3. The summed E-state index contributed by atoms with van der Waals surface area (Å²) in [5, 5.41) is 2.73. The molecule has 0 bridgehead atoms. The molecule has 1 fully saturated rings. The predicted octanol–water partition coefficient (Wildman–Crippen LogP) is 4.34. The molecule has 1 aromatic carbocycles. The summed E-state index contributed by atoms with van der Waals surface area (Å²) in [7, 11) is 0.157. The second-order valence-corrected chi connectivity index (χ2v) is 13.3. The van der Waals surface area contributed by atoms with E-state index in [9.17, 15) is 8.42 Å². The van der Waals surface area contributed by atoms with Crippen molar-refractivity contribution in [3.63, 3.8) is 0 Å². The minimum absolute atomic E-state index is 0.302. The Morgan fingerprint density at radius 3 is 2.65 bits per heavy atom. The molecule has 198 valence electrons. The smallest absolute Gasteiger partial charge is 0.250 e. The van der Waals surface area contributed by atoms with Crippen LogP contribution in [0.1, 0.15) is 48.9 Å². The molecule has 2 aliphatic heterocycles. The van der Waals surface area contributed by atoms with E-state index in [-0.39, 0.29) is 5.54 Å². The van der Waals surface area contributed by atoms with E-state index < -0.39 is 10.0 Å². The Balaban J connectivity index is 1.52. The molecular formula is C27H35N5O3S2. The Hall–Kier alpha value is -2.63. The Morgan fingerprint density at radius 2 is 1.95 bits per heavy atom. The first-order chi connectivity index (χ1) is 17.5. The standard InChI is InChI=1S/C27H35N5O3S2/c1-18(13-30(6)28-5)14-31-19(2)24-12-25(37(33,34)29-27(4)9-10-27)36-26(24)32(20(31)3)15-21-7-8-22-16-35-17-23(22)11-21/h7-8,11-13,28-29H,2-3,9-10,14-17H2,1,4-6H3/b18-13+. The zero-order valence-corrected chi connectivity index (χ0v) is 23.6. The summed E-state index contributed by atoms with van der Waals surface area (Å²) in [6.07, 6.45) is 3.73. The first-order valence-corrected chi connectivity index (χ1v) is 14.7. The lowest BCUT2D eigenvalue weighted by atomic mass is 10.1. The third-order valence-corrected chi connectivity index (χ3v) is 10.4. The number of hydrogen-bond donors (Lipinski definition) is 2. The topological polar surface area (TPSA) is 77.2 Å². The fourth-order valence-corrected chi connectivity index (χ4v) is 7.63. The van der Waals surface area contributed by atoms with Crippen LogP contribution in [0.5, 0.6) is 0 Å². The van der Waals surface area contributed by atoms with Gasteiger partial charge in [-0.15, -0.1) is 11.3 Å². The summed E-state index contributed by atoms with van der Waals surface area (Å²) >= 11 is 1.28. The number of sulfonamides is 1. The van der Waals surface area contributed by atoms with Gasteiger partial charge in [-0.3, -0.25) is 0 Å². The molecule has 0 atom stereocenters. The highest BCUT2D eigenvalue weighted by Gasteiger charge is 2.42. The molecule has 1 saturated carbocycles. The van der Waals surface area contributed by atoms with Crippen molar-refractivity contribution in [2.24, 2.45) is 0 Å². The maximum absolute atomic E-state index is 13.3. The van der Waals surface area contributed by atoms with Gasteiger partial charge in [0.05, 0.1) is 19.8 Å². The fraction of sp³-hybridized carbons (Fsp3) is 0.407. The third kappa shape index (κ3) is 5.21. The van der Waals surface area contributed by atoms with Gasteiger partial charge < -0.3 is 19.5 Å². The lowest BCUT2D eigenvalue weighted by molar-refractivity contribution is 0.134. The normalized spacial score (nSPS) is 18.8. The first-order valence-electron chi connectivity index (χ1n) is 12.4. The lowest BCUT2D eigenvalue weighted by Crippen LogP contribution is -2.38. The van der Waals surface area contributed by atoms with E-state index in [1.165, 1.54) is 22.5 Å². The van der Waals surface area contributed by atoms with Gasteiger partial charge in [0.25, 0.3) is 10.0 Å². The number of rotatable bonds is 9. The summed E-state index contributed by atoms with van der Waals surface area (Å²) in [5.74, 6) is 0.766. The van der Waals surface area contributed by atoms with Gasteiger partial charge in [0.2, 0.25) is 0 Å². The van der Waals surface area contributed by atoms with Gasteiger partial charge in [0.15, 0.2) is 0 Å². The Morgan fingerprint density at radius 1 is 1.22 bits per heavy atom. The van der Waals surface area contributed by atoms with E-state index in [1.54, 1.807) is 6.07 Å². The summed E-state index contributed by atoms with van der Waals surface area (Å²) in [4.78, 5) is 4.17. The molecule has 0 unspecified atom stereocenters. The number of hydrazine groups is 1. The van der Waals surface area contributed by atoms with Crippen molar-refractivity contribution in [3.8, 4) is 0 Å². The molecule has 0 amide bonds. The van der Waals surface area contributed by atoms with Gasteiger partial charge in [-0.2, -0.15) is 0 Å². The predicted molar refractivity (Wildman–Crippen MR) is 149 cm³/mol. The van der Waals surface area contributed by atoms with Crippen molar-refractivity contribution in [1.82, 2.24) is 20.1 Å². The van der Waals surface area contributed by atoms with Gasteiger partial charge in [0.1, 0.15) is 15.0 Å². The lowest BCUT2D eigenvalue weighted by Gasteiger charge is -2.41. The molecule has 3 aliphatic rings. The SMILES string of the molecule is C=C1c2cc(S(=O)(=O)NC3(C)CC3)sc2N(Cc2ccc3c(c2)COC3)C(=C)N1C/C(C)=C/N(C)NC. The van der Waals surface area contributed by atoms with E-state index in [0.717, 1.165) is 46.1 Å². The molecule has 10 heteroatoms. The van der Waals surface area contributed by atoms with Crippen LogP contribution in [0.25, 0.3) is 5.70 Å². The molecule has 2 N–H and O–H groups in total. The first kappa shape index (κ1) is 26.0. The third-order valence-electron chi connectivity index (χ3n) is 7.14. The summed E-state index contributed by atoms with van der Waals surface area (Å²) in [6, 6.07) is 8.17. The summed E-state index contributed by atoms with van der Waals surface area (Å²) in [6.45, 7) is 15.2. The quantitative estimate of drug-likeness (QED) is 0.457. The van der Waals surface area contributed by atoms with E-state index in [0.29, 0.717) is 30.5 Å². The van der Waals surface area contributed by atoms with Crippen molar-refractivity contribution in [1.29, 1.82) is 0 Å². The molecule has 0 saturated heterocycles. The number of fused-ring (bicyclic) bond motifs is 2. The van der Waals surface area contributed by atoms with E-state index in [4.69, 9.17) is 4.74 Å². The van der Waals surface area contributed by atoms with E-state index >= 15 is 0 Å². The average molecular weight is 542 g/mol. The number of ether oxygens (including phenoxy) is 1. The van der Waals surface area contributed by atoms with Crippen LogP contribution in [-0.2, 0) is 34.5 Å². The molecule has 0 spiro atoms. The van der Waals surface area contributed by atoms with Gasteiger partial charge >= 0.3 is 0 Å². The Bertz CT molecular complexity index is 1390. The zero-order chi connectivity index (χ0) is 26.5. The molecule has 1 aromatic heterocycles. The van der Waals surface area contributed by atoms with Crippen LogP contribution in [0.4, 0.5) is 5.00 Å². The Kier molecular flexibility index (Phi) is 6.74. The number of benzene rings is 1. The van der Waals surface area contributed by atoms with Crippen LogP contribution in [0.3, 0.4) is 0 Å².